The van der Waals surface area contributed by atoms with Crippen LogP contribution in [0.1, 0.15) is 46.4 Å². The molecule has 0 atom stereocenters. The maximum atomic E-state index is 12.8. The predicted octanol–water partition coefficient (Wildman–Crippen LogP) is 4.01. The molecule has 4 rings (SSSR count). The van der Waals surface area contributed by atoms with Gasteiger partial charge in [0.25, 0.3) is 11.8 Å². The third-order valence-corrected chi connectivity index (χ3v) is 4.85. The zero-order valence-corrected chi connectivity index (χ0v) is 14.0. The number of fused-ring (bicyclic) bond motifs is 2. The van der Waals surface area contributed by atoms with Crippen molar-refractivity contribution in [1.29, 1.82) is 0 Å². The highest BCUT2D eigenvalue weighted by Crippen LogP contribution is 2.32. The number of amides is 2. The molecule has 2 aromatic carbocycles. The van der Waals surface area contributed by atoms with Crippen LogP contribution in [-0.4, -0.2) is 29.8 Å². The Morgan fingerprint density at radius 3 is 2.40 bits per heavy atom. The summed E-state index contributed by atoms with van der Waals surface area (Å²) < 4.78 is 0. The molecule has 2 aliphatic rings. The van der Waals surface area contributed by atoms with Crippen molar-refractivity contribution in [3.8, 4) is 0 Å². The Hall–Kier alpha value is -2.82. The molecule has 2 amide bonds. The summed E-state index contributed by atoms with van der Waals surface area (Å²) in [6, 6.07) is 12.9. The number of para-hydroxylation sites is 1. The van der Waals surface area contributed by atoms with Crippen molar-refractivity contribution >= 4 is 28.9 Å². The van der Waals surface area contributed by atoms with Gasteiger partial charge in [-0.25, -0.2) is 0 Å². The summed E-state index contributed by atoms with van der Waals surface area (Å²) >= 11 is 0. The first kappa shape index (κ1) is 15.7. The van der Waals surface area contributed by atoms with Crippen molar-refractivity contribution in [2.24, 2.45) is 0 Å². The average Bonchev–Trinajstić information content (AvgIpc) is 2.98. The first-order chi connectivity index (χ1) is 12.2. The van der Waals surface area contributed by atoms with Gasteiger partial charge in [0.2, 0.25) is 0 Å². The third-order valence-electron chi connectivity index (χ3n) is 4.85. The number of nitrogens with one attached hydrogen (secondary N) is 2. The molecule has 1 saturated heterocycles. The number of nitrogens with zero attached hydrogens (tertiary/aromatic N) is 1. The molecule has 5 heteroatoms. The van der Waals surface area contributed by atoms with Crippen LogP contribution in [0.4, 0.5) is 17.1 Å². The standard InChI is InChI=1S/C20H21N3O2/c24-19-15-7-3-4-8-16(15)21-17-10-9-14(13-18(17)22-19)20(25)23-11-5-1-2-6-12-23/h3-4,7-10,13,21H,1-2,5-6,11-12H2,(H,22,24). The molecule has 2 aromatic rings. The smallest absolute Gasteiger partial charge is 0.257 e. The Morgan fingerprint density at radius 2 is 1.60 bits per heavy atom. The number of carbonyl (C=O) groups excluding carboxylic acids is 2. The van der Waals surface area contributed by atoms with Crippen molar-refractivity contribution in [2.75, 3.05) is 23.7 Å². The summed E-state index contributed by atoms with van der Waals surface area (Å²) in [4.78, 5) is 27.2. The van der Waals surface area contributed by atoms with E-state index in [2.05, 4.69) is 10.6 Å². The van der Waals surface area contributed by atoms with Gasteiger partial charge < -0.3 is 15.5 Å². The van der Waals surface area contributed by atoms with Crippen LogP contribution in [0.5, 0.6) is 0 Å². The normalized spacial score (nSPS) is 16.6. The molecule has 1 fully saturated rings. The summed E-state index contributed by atoms with van der Waals surface area (Å²) in [6.45, 7) is 1.62. The SMILES string of the molecule is O=C1Nc2cc(C(=O)N3CCCCCC3)ccc2Nc2ccccc21. The van der Waals surface area contributed by atoms with Gasteiger partial charge in [0.15, 0.2) is 0 Å². The second-order valence-electron chi connectivity index (χ2n) is 6.59. The van der Waals surface area contributed by atoms with Gasteiger partial charge in [0.1, 0.15) is 0 Å². The molecule has 0 saturated carbocycles. The molecule has 0 radical (unpaired) electrons. The van der Waals surface area contributed by atoms with Gasteiger partial charge in [-0.3, -0.25) is 9.59 Å². The molecule has 25 heavy (non-hydrogen) atoms. The number of rotatable bonds is 1. The number of likely N-dealkylation sites (tertiary alicyclic amines) is 1. The lowest BCUT2D eigenvalue weighted by Crippen LogP contribution is -2.31. The Bertz CT molecular complexity index is 823. The van der Waals surface area contributed by atoms with Gasteiger partial charge in [-0.15, -0.1) is 0 Å². The highest BCUT2D eigenvalue weighted by molar-refractivity contribution is 6.12. The molecule has 0 unspecified atom stereocenters. The van der Waals surface area contributed by atoms with E-state index in [1.807, 2.05) is 35.2 Å². The van der Waals surface area contributed by atoms with E-state index < -0.39 is 0 Å². The molecule has 0 spiro atoms. The lowest BCUT2D eigenvalue weighted by atomic mass is 10.1. The fraction of sp³-hybridized carbons (Fsp3) is 0.300. The Kier molecular flexibility index (Phi) is 4.14. The maximum Gasteiger partial charge on any atom is 0.257 e. The van der Waals surface area contributed by atoms with Crippen LogP contribution in [0.25, 0.3) is 0 Å². The molecule has 0 aliphatic carbocycles. The van der Waals surface area contributed by atoms with Crippen molar-refractivity contribution in [1.82, 2.24) is 4.90 Å². The van der Waals surface area contributed by atoms with E-state index >= 15 is 0 Å². The molecule has 0 bridgehead atoms. The molecule has 2 aliphatic heterocycles. The average molecular weight is 335 g/mol. The van der Waals surface area contributed by atoms with E-state index in [4.69, 9.17) is 0 Å². The highest BCUT2D eigenvalue weighted by Gasteiger charge is 2.22. The van der Waals surface area contributed by atoms with E-state index in [0.717, 1.165) is 37.3 Å². The van der Waals surface area contributed by atoms with E-state index in [9.17, 15) is 9.59 Å². The van der Waals surface area contributed by atoms with Crippen LogP contribution in [0, 0.1) is 0 Å². The summed E-state index contributed by atoms with van der Waals surface area (Å²) in [5.41, 5.74) is 3.42. The first-order valence-corrected chi connectivity index (χ1v) is 8.83. The van der Waals surface area contributed by atoms with Crippen LogP contribution < -0.4 is 10.6 Å². The van der Waals surface area contributed by atoms with Gasteiger partial charge in [-0.05, 0) is 43.2 Å². The molecule has 5 nitrogen and oxygen atoms in total. The second kappa shape index (κ2) is 6.59. The van der Waals surface area contributed by atoms with E-state index in [0.29, 0.717) is 16.8 Å². The Labute approximate surface area is 147 Å². The van der Waals surface area contributed by atoms with Gasteiger partial charge in [-0.2, -0.15) is 0 Å². The Morgan fingerprint density at radius 1 is 0.840 bits per heavy atom. The molecular formula is C20H21N3O2. The van der Waals surface area contributed by atoms with Crippen LogP contribution >= 0.6 is 0 Å². The van der Waals surface area contributed by atoms with E-state index in [-0.39, 0.29) is 11.8 Å². The minimum absolute atomic E-state index is 0.0423. The van der Waals surface area contributed by atoms with Gasteiger partial charge >= 0.3 is 0 Å². The van der Waals surface area contributed by atoms with Crippen LogP contribution in [0.2, 0.25) is 0 Å². The third kappa shape index (κ3) is 3.09. The number of carbonyl (C=O) groups is 2. The molecular weight excluding hydrogens is 314 g/mol. The minimum atomic E-state index is -0.166. The topological polar surface area (TPSA) is 61.4 Å². The maximum absolute atomic E-state index is 12.8. The molecule has 128 valence electrons. The quantitative estimate of drug-likeness (QED) is 0.828. The molecule has 2 heterocycles. The Balaban J connectivity index is 1.63. The lowest BCUT2D eigenvalue weighted by Gasteiger charge is -2.21. The van der Waals surface area contributed by atoms with Crippen molar-refractivity contribution in [3.05, 3.63) is 53.6 Å². The van der Waals surface area contributed by atoms with Crippen molar-refractivity contribution in [3.63, 3.8) is 0 Å². The van der Waals surface area contributed by atoms with Gasteiger partial charge in [0, 0.05) is 18.7 Å². The minimum Gasteiger partial charge on any atom is -0.353 e. The number of hydrogen-bond acceptors (Lipinski definition) is 3. The summed E-state index contributed by atoms with van der Waals surface area (Å²) in [5, 5.41) is 6.20. The predicted molar refractivity (Wildman–Crippen MR) is 98.5 cm³/mol. The van der Waals surface area contributed by atoms with E-state index in [1.165, 1.54) is 12.8 Å². The monoisotopic (exact) mass is 335 g/mol. The summed E-state index contributed by atoms with van der Waals surface area (Å²) in [7, 11) is 0. The molecule has 2 N–H and O–H groups in total. The fourth-order valence-corrected chi connectivity index (χ4v) is 3.47. The summed E-state index contributed by atoms with van der Waals surface area (Å²) in [6.07, 6.45) is 4.49. The van der Waals surface area contributed by atoms with Crippen LogP contribution in [-0.2, 0) is 0 Å². The second-order valence-corrected chi connectivity index (χ2v) is 6.59. The largest absolute Gasteiger partial charge is 0.353 e. The van der Waals surface area contributed by atoms with Crippen molar-refractivity contribution < 1.29 is 9.59 Å². The van der Waals surface area contributed by atoms with Crippen LogP contribution in [0.3, 0.4) is 0 Å². The zero-order chi connectivity index (χ0) is 17.2. The number of anilines is 3. The van der Waals surface area contributed by atoms with Crippen molar-refractivity contribution in [2.45, 2.75) is 25.7 Å². The summed E-state index contributed by atoms with van der Waals surface area (Å²) in [5.74, 6) is -0.123. The zero-order valence-electron chi connectivity index (χ0n) is 14.0. The number of benzene rings is 2. The van der Waals surface area contributed by atoms with Gasteiger partial charge in [0.05, 0.1) is 22.6 Å². The fourth-order valence-electron chi connectivity index (χ4n) is 3.47. The lowest BCUT2D eigenvalue weighted by molar-refractivity contribution is 0.0761. The first-order valence-electron chi connectivity index (χ1n) is 8.83. The number of hydrogen-bond donors (Lipinski definition) is 2. The van der Waals surface area contributed by atoms with E-state index in [1.54, 1.807) is 12.1 Å². The highest BCUT2D eigenvalue weighted by atomic mass is 16.2. The van der Waals surface area contributed by atoms with Gasteiger partial charge in [-0.1, -0.05) is 25.0 Å². The van der Waals surface area contributed by atoms with Crippen LogP contribution in [0.15, 0.2) is 42.5 Å². The molecule has 0 aromatic heterocycles.